The van der Waals surface area contributed by atoms with Crippen LogP contribution in [-0.4, -0.2) is 34.7 Å². The number of hydrogen-bond acceptors (Lipinski definition) is 3. The lowest BCUT2D eigenvalue weighted by Crippen LogP contribution is -2.27. The van der Waals surface area contributed by atoms with Crippen LogP contribution in [0.25, 0.3) is 0 Å². The zero-order chi connectivity index (χ0) is 15.6. The van der Waals surface area contributed by atoms with E-state index in [4.69, 9.17) is 4.52 Å². The summed E-state index contributed by atoms with van der Waals surface area (Å²) in [5.41, 5.74) is 1.33. The maximum atomic E-state index is 6.80. The fraction of sp³-hybridized carbons (Fsp3) is 0.667. The van der Waals surface area contributed by atoms with E-state index in [1.165, 1.54) is 57.2 Å². The van der Waals surface area contributed by atoms with Gasteiger partial charge in [-0.2, -0.15) is 0 Å². The molecule has 23 heavy (non-hydrogen) atoms. The minimum Gasteiger partial charge on any atom is -0.322 e. The molecule has 4 atom stereocenters. The second kappa shape index (κ2) is 7.39. The Morgan fingerprint density at radius 1 is 1.00 bits per heavy atom. The minimum absolute atomic E-state index is 0.370. The summed E-state index contributed by atoms with van der Waals surface area (Å²) in [5, 5.41) is 0. The zero-order valence-electron chi connectivity index (χ0n) is 13.6. The smallest absolute Gasteiger partial charge is 0.218 e. The third-order valence-electron chi connectivity index (χ3n) is 5.31. The molecule has 2 saturated heterocycles. The third kappa shape index (κ3) is 3.46. The Morgan fingerprint density at radius 3 is 2.70 bits per heavy atom. The highest BCUT2D eigenvalue weighted by atomic mass is 79.9. The lowest BCUT2D eigenvalue weighted by atomic mass is 10.2. The van der Waals surface area contributed by atoms with Crippen molar-refractivity contribution in [1.82, 2.24) is 4.67 Å². The Hall–Kier alpha value is -0.150. The number of rotatable bonds is 3. The summed E-state index contributed by atoms with van der Waals surface area (Å²) < 4.78 is 12.0. The van der Waals surface area contributed by atoms with Gasteiger partial charge in [0, 0.05) is 29.6 Å². The summed E-state index contributed by atoms with van der Waals surface area (Å²) in [6.07, 6.45) is 9.49. The first-order chi connectivity index (χ1) is 11.3. The first kappa shape index (κ1) is 16.3. The topological polar surface area (TPSA) is 15.7 Å². The molecule has 3 aliphatic rings. The van der Waals surface area contributed by atoms with Crippen molar-refractivity contribution >= 4 is 30.1 Å². The van der Waals surface area contributed by atoms with Crippen LogP contribution in [0.3, 0.4) is 0 Å². The maximum absolute atomic E-state index is 6.80. The van der Waals surface area contributed by atoms with Gasteiger partial charge in [-0.1, -0.05) is 53.4 Å². The first-order valence-corrected chi connectivity index (χ1v) is 11.1. The highest BCUT2D eigenvalue weighted by Crippen LogP contribution is 2.58. The minimum atomic E-state index is -0.650. The monoisotopic (exact) mass is 396 g/mol. The van der Waals surface area contributed by atoms with Crippen LogP contribution in [0.15, 0.2) is 30.3 Å². The average Bonchev–Trinajstić information content (AvgIpc) is 3.10. The lowest BCUT2D eigenvalue weighted by Gasteiger charge is -2.33. The second-order valence-electron chi connectivity index (χ2n) is 6.93. The number of alkyl halides is 1. The number of anilines is 1. The molecular formula is C18H26BrN2OP. The molecule has 2 heterocycles. The van der Waals surface area contributed by atoms with Gasteiger partial charge in [0.1, 0.15) is 0 Å². The number of fused-ring (bicyclic) bond motifs is 1. The molecule has 5 heteroatoms. The van der Waals surface area contributed by atoms with Crippen molar-refractivity contribution in [2.24, 2.45) is 0 Å². The summed E-state index contributed by atoms with van der Waals surface area (Å²) >= 11 is 3.91. The predicted molar refractivity (Wildman–Crippen MR) is 101 cm³/mol. The Morgan fingerprint density at radius 2 is 1.83 bits per heavy atom. The van der Waals surface area contributed by atoms with E-state index in [1.54, 1.807) is 0 Å². The molecule has 3 fully saturated rings. The summed E-state index contributed by atoms with van der Waals surface area (Å²) in [7, 11) is -0.650. The van der Waals surface area contributed by atoms with E-state index in [0.717, 1.165) is 6.54 Å². The molecule has 0 spiro atoms. The first-order valence-electron chi connectivity index (χ1n) is 9.03. The van der Waals surface area contributed by atoms with Crippen molar-refractivity contribution in [2.75, 3.05) is 17.8 Å². The van der Waals surface area contributed by atoms with Gasteiger partial charge < -0.3 is 9.19 Å². The molecule has 0 aromatic heterocycles. The number of benzene rings is 1. The van der Waals surface area contributed by atoms with Crippen LogP contribution in [0.1, 0.15) is 44.9 Å². The average molecular weight is 397 g/mol. The zero-order valence-corrected chi connectivity index (χ0v) is 16.1. The predicted octanol–water partition coefficient (Wildman–Crippen LogP) is 5.31. The summed E-state index contributed by atoms with van der Waals surface area (Å²) in [6.45, 7) is 2.34. The largest absolute Gasteiger partial charge is 0.322 e. The van der Waals surface area contributed by atoms with Gasteiger partial charge in [-0.3, -0.25) is 0 Å². The fourth-order valence-electron chi connectivity index (χ4n) is 4.03. The van der Waals surface area contributed by atoms with E-state index in [9.17, 15) is 0 Å². The Labute approximate surface area is 149 Å². The lowest BCUT2D eigenvalue weighted by molar-refractivity contribution is 0.198. The van der Waals surface area contributed by atoms with Gasteiger partial charge in [0.25, 0.3) is 0 Å². The van der Waals surface area contributed by atoms with Crippen LogP contribution in [0.5, 0.6) is 0 Å². The van der Waals surface area contributed by atoms with Crippen molar-refractivity contribution in [1.29, 1.82) is 0 Å². The van der Waals surface area contributed by atoms with Gasteiger partial charge in [-0.15, -0.1) is 0 Å². The molecule has 4 unspecified atom stereocenters. The SMILES string of the molecule is BrC1CCCCCC1OP1N(c2ccccc2)CC2CCCN21. The highest BCUT2D eigenvalue weighted by Gasteiger charge is 2.45. The standard InChI is InChI=1S/C18H26BrN2OP/c19-17-11-5-2-6-12-18(17)22-23-20-13-7-10-16(20)14-21(23)15-8-3-1-4-9-15/h1,3-4,8-9,16-18H,2,5-7,10-14H2. The molecular weight excluding hydrogens is 371 g/mol. The van der Waals surface area contributed by atoms with Crippen LogP contribution in [0.2, 0.25) is 0 Å². The number of halogens is 1. The van der Waals surface area contributed by atoms with Crippen molar-refractivity contribution in [3.63, 3.8) is 0 Å². The van der Waals surface area contributed by atoms with E-state index >= 15 is 0 Å². The Balaban J connectivity index is 1.54. The van der Waals surface area contributed by atoms with E-state index in [2.05, 4.69) is 55.6 Å². The molecule has 3 nitrogen and oxygen atoms in total. The van der Waals surface area contributed by atoms with Gasteiger partial charge in [0.2, 0.25) is 8.45 Å². The molecule has 1 aromatic rings. The van der Waals surface area contributed by atoms with Gasteiger partial charge in [0.15, 0.2) is 0 Å². The molecule has 2 aliphatic heterocycles. The van der Waals surface area contributed by atoms with Gasteiger partial charge >= 0.3 is 0 Å². The van der Waals surface area contributed by atoms with Gasteiger partial charge in [-0.05, 0) is 37.8 Å². The number of nitrogens with zero attached hydrogens (tertiary/aromatic N) is 2. The van der Waals surface area contributed by atoms with Crippen molar-refractivity contribution in [3.05, 3.63) is 30.3 Å². The molecule has 1 saturated carbocycles. The Bertz CT molecular complexity index is 517. The van der Waals surface area contributed by atoms with Crippen molar-refractivity contribution in [3.8, 4) is 0 Å². The van der Waals surface area contributed by atoms with Crippen LogP contribution in [-0.2, 0) is 4.52 Å². The van der Waals surface area contributed by atoms with E-state index in [-0.39, 0.29) is 0 Å². The third-order valence-corrected chi connectivity index (χ3v) is 8.59. The van der Waals surface area contributed by atoms with E-state index < -0.39 is 8.45 Å². The van der Waals surface area contributed by atoms with Crippen LogP contribution in [0, 0.1) is 0 Å². The van der Waals surface area contributed by atoms with Gasteiger partial charge in [-0.25, -0.2) is 4.67 Å². The quantitative estimate of drug-likeness (QED) is 0.391. The molecule has 0 N–H and O–H groups in total. The van der Waals surface area contributed by atoms with Crippen LogP contribution in [0.4, 0.5) is 5.69 Å². The van der Waals surface area contributed by atoms with Crippen molar-refractivity contribution in [2.45, 2.75) is 61.9 Å². The maximum Gasteiger partial charge on any atom is 0.218 e. The summed E-state index contributed by atoms with van der Waals surface area (Å²) in [5.74, 6) is 0. The molecule has 4 rings (SSSR count). The fourth-order valence-corrected chi connectivity index (χ4v) is 7.34. The van der Waals surface area contributed by atoms with E-state index in [1.807, 2.05) is 0 Å². The normalized spacial score (nSPS) is 35.3. The molecule has 0 amide bonds. The summed E-state index contributed by atoms with van der Waals surface area (Å²) in [4.78, 5) is 0.520. The highest BCUT2D eigenvalue weighted by molar-refractivity contribution is 9.09. The van der Waals surface area contributed by atoms with Crippen LogP contribution < -0.4 is 4.67 Å². The summed E-state index contributed by atoms with van der Waals surface area (Å²) in [6, 6.07) is 11.6. The molecule has 1 aliphatic carbocycles. The molecule has 126 valence electrons. The molecule has 0 radical (unpaired) electrons. The second-order valence-corrected chi connectivity index (χ2v) is 9.82. The van der Waals surface area contributed by atoms with Gasteiger partial charge in [0.05, 0.1) is 6.10 Å². The van der Waals surface area contributed by atoms with Crippen LogP contribution >= 0.6 is 24.4 Å². The molecule has 0 bridgehead atoms. The Kier molecular flexibility index (Phi) is 5.25. The number of para-hydroxylation sites is 1. The van der Waals surface area contributed by atoms with Crippen molar-refractivity contribution < 1.29 is 4.52 Å². The molecule has 1 aromatic carbocycles. The number of hydrogen-bond donors (Lipinski definition) is 0. The van der Waals surface area contributed by atoms with E-state index in [0.29, 0.717) is 17.0 Å².